The number of unbranched alkanes of at least 4 members (excludes halogenated alkanes) is 5. The average molecular weight is 410 g/mol. The number of halogens is 1. The van der Waals surface area contributed by atoms with Crippen molar-refractivity contribution in [1.29, 1.82) is 0 Å². The Morgan fingerprint density at radius 3 is 2.42 bits per heavy atom. The maximum Gasteiger partial charge on any atom is 0.160 e. The van der Waals surface area contributed by atoms with Crippen molar-refractivity contribution >= 4 is 49.0 Å². The molecule has 134 valence electrons. The highest BCUT2D eigenvalue weighted by Crippen LogP contribution is 2.30. The number of para-hydroxylation sites is 2. The van der Waals surface area contributed by atoms with Crippen molar-refractivity contribution < 1.29 is 0 Å². The van der Waals surface area contributed by atoms with Gasteiger partial charge in [-0.1, -0.05) is 67.1 Å². The molecule has 4 rings (SSSR count). The van der Waals surface area contributed by atoms with Crippen LogP contribution in [-0.2, 0) is 6.54 Å². The van der Waals surface area contributed by atoms with Gasteiger partial charge in [-0.3, -0.25) is 0 Å². The average Bonchev–Trinajstić information content (AvgIpc) is 2.95. The number of benzene rings is 2. The van der Waals surface area contributed by atoms with Crippen molar-refractivity contribution in [3.05, 3.63) is 46.9 Å². The minimum atomic E-state index is 0.960. The van der Waals surface area contributed by atoms with Crippen LogP contribution in [0.25, 0.3) is 33.1 Å². The van der Waals surface area contributed by atoms with Crippen molar-refractivity contribution in [2.24, 2.45) is 0 Å². The molecular weight excluding hydrogens is 386 g/mol. The van der Waals surface area contributed by atoms with E-state index in [2.05, 4.69) is 45.6 Å². The molecule has 4 heteroatoms. The number of aromatic nitrogens is 3. The van der Waals surface area contributed by atoms with Gasteiger partial charge in [0.05, 0.1) is 16.6 Å². The van der Waals surface area contributed by atoms with Crippen LogP contribution in [0, 0.1) is 0 Å². The highest BCUT2D eigenvalue weighted by molar-refractivity contribution is 9.10. The van der Waals surface area contributed by atoms with E-state index in [0.717, 1.165) is 33.2 Å². The molecule has 4 aromatic rings. The van der Waals surface area contributed by atoms with Gasteiger partial charge in [-0.2, -0.15) is 0 Å². The fraction of sp³-hybridized carbons (Fsp3) is 0.364. The fourth-order valence-electron chi connectivity index (χ4n) is 3.68. The Kier molecular flexibility index (Phi) is 5.21. The monoisotopic (exact) mass is 409 g/mol. The van der Waals surface area contributed by atoms with Gasteiger partial charge in [-0.15, -0.1) is 0 Å². The van der Waals surface area contributed by atoms with E-state index in [1.54, 1.807) is 0 Å². The molecule has 0 fully saturated rings. The summed E-state index contributed by atoms with van der Waals surface area (Å²) >= 11 is 3.62. The number of aryl methyl sites for hydroxylation is 1. The molecule has 0 spiro atoms. The van der Waals surface area contributed by atoms with Gasteiger partial charge in [0, 0.05) is 16.4 Å². The van der Waals surface area contributed by atoms with Gasteiger partial charge in [0.2, 0.25) is 0 Å². The first-order valence-electron chi connectivity index (χ1n) is 9.62. The highest BCUT2D eigenvalue weighted by Gasteiger charge is 2.14. The molecule has 0 atom stereocenters. The van der Waals surface area contributed by atoms with E-state index >= 15 is 0 Å². The largest absolute Gasteiger partial charge is 0.324 e. The molecule has 0 aliphatic rings. The number of nitrogens with zero attached hydrogens (tertiary/aromatic N) is 3. The van der Waals surface area contributed by atoms with Crippen LogP contribution in [0.2, 0.25) is 0 Å². The molecule has 0 aliphatic heterocycles. The zero-order valence-corrected chi connectivity index (χ0v) is 16.8. The normalized spacial score (nSPS) is 11.8. The van der Waals surface area contributed by atoms with Crippen LogP contribution in [-0.4, -0.2) is 14.5 Å². The SMILES string of the molecule is CCCCCCCCn1c2cc(Br)ccc2c2nc3ccccc3nc21. The molecule has 0 aliphatic carbocycles. The second-order valence-corrected chi connectivity index (χ2v) is 7.88. The zero-order chi connectivity index (χ0) is 17.9. The van der Waals surface area contributed by atoms with E-state index in [-0.39, 0.29) is 0 Å². The summed E-state index contributed by atoms with van der Waals surface area (Å²) < 4.78 is 3.45. The van der Waals surface area contributed by atoms with Gasteiger partial charge < -0.3 is 4.57 Å². The van der Waals surface area contributed by atoms with Crippen molar-refractivity contribution in [1.82, 2.24) is 14.5 Å². The second kappa shape index (κ2) is 7.75. The molecule has 0 saturated carbocycles. The smallest absolute Gasteiger partial charge is 0.160 e. The molecule has 0 amide bonds. The van der Waals surface area contributed by atoms with Crippen LogP contribution >= 0.6 is 15.9 Å². The van der Waals surface area contributed by atoms with E-state index in [9.17, 15) is 0 Å². The third kappa shape index (κ3) is 3.35. The minimum absolute atomic E-state index is 0.960. The highest BCUT2D eigenvalue weighted by atomic mass is 79.9. The summed E-state index contributed by atoms with van der Waals surface area (Å²) in [5, 5.41) is 1.19. The fourth-order valence-corrected chi connectivity index (χ4v) is 4.03. The first-order valence-corrected chi connectivity index (χ1v) is 10.4. The summed E-state index contributed by atoms with van der Waals surface area (Å²) in [5.41, 5.74) is 5.16. The Labute approximate surface area is 162 Å². The van der Waals surface area contributed by atoms with Gasteiger partial charge >= 0.3 is 0 Å². The number of rotatable bonds is 7. The third-order valence-electron chi connectivity index (χ3n) is 5.05. The van der Waals surface area contributed by atoms with E-state index in [4.69, 9.17) is 9.97 Å². The predicted molar refractivity (Wildman–Crippen MR) is 114 cm³/mol. The Balaban J connectivity index is 1.75. The molecule has 2 aromatic carbocycles. The molecule has 0 unspecified atom stereocenters. The van der Waals surface area contributed by atoms with Crippen LogP contribution in [0.4, 0.5) is 0 Å². The Bertz CT molecular complexity index is 1050. The summed E-state index contributed by atoms with van der Waals surface area (Å²) in [6, 6.07) is 14.6. The Morgan fingerprint density at radius 1 is 0.885 bits per heavy atom. The van der Waals surface area contributed by atoms with Gasteiger partial charge in [0.25, 0.3) is 0 Å². The summed E-state index contributed by atoms with van der Waals surface area (Å²) in [6.07, 6.45) is 7.77. The van der Waals surface area contributed by atoms with Crippen LogP contribution in [0.3, 0.4) is 0 Å². The standard InChI is InChI=1S/C22H24BrN3/c1-2-3-4-5-6-9-14-26-20-15-16(23)12-13-17(20)21-22(26)25-19-11-8-7-10-18(19)24-21/h7-8,10-13,15H,2-6,9,14H2,1H3. The van der Waals surface area contributed by atoms with Crippen molar-refractivity contribution in [3.63, 3.8) is 0 Å². The topological polar surface area (TPSA) is 30.7 Å². The van der Waals surface area contributed by atoms with E-state index in [1.807, 2.05) is 24.3 Å². The van der Waals surface area contributed by atoms with E-state index < -0.39 is 0 Å². The molecule has 3 nitrogen and oxygen atoms in total. The lowest BCUT2D eigenvalue weighted by Gasteiger charge is -2.07. The van der Waals surface area contributed by atoms with Crippen LogP contribution in [0.1, 0.15) is 45.4 Å². The summed E-state index contributed by atoms with van der Waals surface area (Å²) in [4.78, 5) is 9.88. The molecular formula is C22H24BrN3. The van der Waals surface area contributed by atoms with Crippen molar-refractivity contribution in [2.75, 3.05) is 0 Å². The summed E-state index contributed by atoms with van der Waals surface area (Å²) in [7, 11) is 0. The lowest BCUT2D eigenvalue weighted by molar-refractivity contribution is 0.570. The van der Waals surface area contributed by atoms with Crippen LogP contribution in [0.5, 0.6) is 0 Å². The molecule has 0 saturated heterocycles. The predicted octanol–water partition coefficient (Wildman–Crippen LogP) is 6.86. The zero-order valence-electron chi connectivity index (χ0n) is 15.2. The Hall–Kier alpha value is -1.94. The number of hydrogen-bond acceptors (Lipinski definition) is 2. The van der Waals surface area contributed by atoms with Crippen molar-refractivity contribution in [3.8, 4) is 0 Å². The van der Waals surface area contributed by atoms with Crippen molar-refractivity contribution in [2.45, 2.75) is 52.0 Å². The van der Waals surface area contributed by atoms with E-state index in [1.165, 1.54) is 49.4 Å². The lowest BCUT2D eigenvalue weighted by atomic mass is 10.1. The second-order valence-electron chi connectivity index (χ2n) is 6.97. The lowest BCUT2D eigenvalue weighted by Crippen LogP contribution is -2.00. The van der Waals surface area contributed by atoms with Gasteiger partial charge in [0.1, 0.15) is 5.52 Å². The molecule has 0 N–H and O–H groups in total. The molecule has 0 bridgehead atoms. The molecule has 2 heterocycles. The molecule has 0 radical (unpaired) electrons. The maximum atomic E-state index is 4.96. The van der Waals surface area contributed by atoms with Crippen LogP contribution in [0.15, 0.2) is 46.9 Å². The molecule has 2 aromatic heterocycles. The summed E-state index contributed by atoms with van der Waals surface area (Å²) in [5.74, 6) is 0. The summed E-state index contributed by atoms with van der Waals surface area (Å²) in [6.45, 7) is 3.26. The quantitative estimate of drug-likeness (QED) is 0.312. The van der Waals surface area contributed by atoms with Gasteiger partial charge in [0.15, 0.2) is 5.65 Å². The molecule has 26 heavy (non-hydrogen) atoms. The third-order valence-corrected chi connectivity index (χ3v) is 5.54. The van der Waals surface area contributed by atoms with Crippen LogP contribution < -0.4 is 0 Å². The van der Waals surface area contributed by atoms with Gasteiger partial charge in [-0.25, -0.2) is 9.97 Å². The van der Waals surface area contributed by atoms with Gasteiger partial charge in [-0.05, 0) is 36.8 Å². The minimum Gasteiger partial charge on any atom is -0.324 e. The first-order chi connectivity index (χ1) is 12.8. The maximum absolute atomic E-state index is 4.96. The Morgan fingerprint density at radius 2 is 1.62 bits per heavy atom. The van der Waals surface area contributed by atoms with E-state index in [0.29, 0.717) is 0 Å². The number of hydrogen-bond donors (Lipinski definition) is 0. The first kappa shape index (κ1) is 17.5. The number of fused-ring (bicyclic) bond motifs is 4.